The lowest BCUT2D eigenvalue weighted by Crippen LogP contribution is -1.98. The van der Waals surface area contributed by atoms with Crippen molar-refractivity contribution in [1.29, 1.82) is 10.8 Å². The lowest BCUT2D eigenvalue weighted by atomic mass is 9.97. The van der Waals surface area contributed by atoms with E-state index in [2.05, 4.69) is 0 Å². The highest BCUT2D eigenvalue weighted by Crippen LogP contribution is 1.89. The van der Waals surface area contributed by atoms with Gasteiger partial charge < -0.3 is 0 Å². The van der Waals surface area contributed by atoms with Crippen LogP contribution in [0, 0.1) is 16.6 Å². The number of hydrogen-bond donors (Lipinski definition) is 0. The normalized spacial score (nSPS) is 5.36. The molecule has 1 rings (SSSR count). The third-order valence-electron chi connectivity index (χ3n) is 0.870. The average molecular weight is 214 g/mol. The highest BCUT2D eigenvalue weighted by molar-refractivity contribution is 6.32. The van der Waals surface area contributed by atoms with Gasteiger partial charge in [0.2, 0.25) is 0 Å². The SMILES string of the molecule is F.F.F.F.N#N.[B]c1ccc(F)cc1. The summed E-state index contributed by atoms with van der Waals surface area (Å²) in [5.41, 5.74) is 0.589. The maximum absolute atomic E-state index is 12.0. The molecule has 80 valence electrons. The van der Waals surface area contributed by atoms with Crippen molar-refractivity contribution in [1.82, 2.24) is 0 Å². The molecule has 0 aliphatic heterocycles. The molecule has 14 heavy (non-hydrogen) atoms. The largest absolute Gasteiger partial charge is 0.269 e. The van der Waals surface area contributed by atoms with Crippen LogP contribution < -0.4 is 5.46 Å². The van der Waals surface area contributed by atoms with Crippen molar-refractivity contribution in [3.05, 3.63) is 30.1 Å². The van der Waals surface area contributed by atoms with E-state index >= 15 is 0 Å². The summed E-state index contributed by atoms with van der Waals surface area (Å²) in [6.07, 6.45) is 0. The van der Waals surface area contributed by atoms with Gasteiger partial charge in [-0.3, -0.25) is 18.8 Å². The number of rotatable bonds is 0. The second-order valence-electron chi connectivity index (χ2n) is 1.55. The fraction of sp³-hybridized carbons (Fsp3) is 0. The molecule has 2 nitrogen and oxygen atoms in total. The zero-order valence-corrected chi connectivity index (χ0v) is 6.79. The van der Waals surface area contributed by atoms with Crippen LogP contribution in [0.2, 0.25) is 0 Å². The Morgan fingerprint density at radius 2 is 1.14 bits per heavy atom. The predicted octanol–water partition coefficient (Wildman–Crippen LogP) is 1.26. The molecule has 0 spiro atoms. The van der Waals surface area contributed by atoms with Gasteiger partial charge in [-0.1, -0.05) is 17.6 Å². The second kappa shape index (κ2) is 17.4. The van der Waals surface area contributed by atoms with Gasteiger partial charge >= 0.3 is 0 Å². The van der Waals surface area contributed by atoms with E-state index in [-0.39, 0.29) is 24.6 Å². The highest BCUT2D eigenvalue weighted by atomic mass is 19.1. The molecule has 0 aliphatic carbocycles. The number of benzene rings is 1. The molecule has 0 bridgehead atoms. The van der Waals surface area contributed by atoms with Crippen LogP contribution in [-0.4, -0.2) is 7.85 Å². The summed E-state index contributed by atoms with van der Waals surface area (Å²) >= 11 is 0. The van der Waals surface area contributed by atoms with Gasteiger partial charge in [-0.05, 0) is 12.1 Å². The van der Waals surface area contributed by atoms with Crippen molar-refractivity contribution in [3.63, 3.8) is 0 Å². The summed E-state index contributed by atoms with van der Waals surface area (Å²) in [4.78, 5) is 0. The smallest absolute Gasteiger partial charge is 0.123 e. The highest BCUT2D eigenvalue weighted by Gasteiger charge is 1.83. The van der Waals surface area contributed by atoms with Gasteiger partial charge in [-0.15, -0.1) is 0 Å². The van der Waals surface area contributed by atoms with E-state index in [1.165, 1.54) is 24.3 Å². The van der Waals surface area contributed by atoms with Crippen LogP contribution in [-0.2, 0) is 0 Å². The van der Waals surface area contributed by atoms with Gasteiger partial charge in [-0.2, -0.15) is 0 Å². The number of nitrogens with zero attached hydrogens (tertiary/aromatic N) is 2. The Morgan fingerprint density at radius 3 is 1.36 bits per heavy atom. The van der Waals surface area contributed by atoms with Crippen LogP contribution in [0.5, 0.6) is 0 Å². The number of hydrogen-bond acceptors (Lipinski definition) is 2. The first-order valence-electron chi connectivity index (χ1n) is 2.50. The quantitative estimate of drug-likeness (QED) is 0.370. The Hall–Kier alpha value is -1.65. The minimum atomic E-state index is -0.251. The Labute approximate surface area is 78.4 Å². The minimum Gasteiger partial charge on any atom is -0.269 e. The zero-order chi connectivity index (χ0) is 7.98. The van der Waals surface area contributed by atoms with Crippen molar-refractivity contribution in [3.8, 4) is 0 Å². The van der Waals surface area contributed by atoms with Gasteiger partial charge in [0, 0.05) is 10.8 Å². The predicted molar refractivity (Wildman–Crippen MR) is 45.3 cm³/mol. The molecule has 0 fully saturated rings. The molecule has 0 saturated heterocycles. The van der Waals surface area contributed by atoms with Crippen molar-refractivity contribution in [2.45, 2.75) is 0 Å². The van der Waals surface area contributed by atoms with Crippen LogP contribution in [0.3, 0.4) is 0 Å². The Kier molecular flexibility index (Phi) is 36.7. The molecule has 0 heterocycles. The average Bonchev–Trinajstić information content (AvgIpc) is 2.00. The molecule has 0 amide bonds. The molecule has 2 radical (unpaired) electrons. The Morgan fingerprint density at radius 1 is 0.857 bits per heavy atom. The monoisotopic (exact) mass is 214 g/mol. The van der Waals surface area contributed by atoms with Crippen molar-refractivity contribution in [2.24, 2.45) is 0 Å². The van der Waals surface area contributed by atoms with Gasteiger partial charge in [0.05, 0.1) is 0 Å². The molecule has 0 aromatic heterocycles. The van der Waals surface area contributed by atoms with E-state index < -0.39 is 0 Å². The fourth-order valence-corrected chi connectivity index (χ4v) is 0.463. The maximum Gasteiger partial charge on any atom is 0.123 e. The van der Waals surface area contributed by atoms with Gasteiger partial charge in [-0.25, -0.2) is 4.39 Å². The molecule has 0 saturated carbocycles. The van der Waals surface area contributed by atoms with Gasteiger partial charge in [0.15, 0.2) is 0 Å². The molecular weight excluding hydrogens is 206 g/mol. The van der Waals surface area contributed by atoms with E-state index in [9.17, 15) is 4.39 Å². The van der Waals surface area contributed by atoms with Crippen LogP contribution in [0.4, 0.5) is 23.2 Å². The van der Waals surface area contributed by atoms with E-state index in [4.69, 9.17) is 18.6 Å². The Balaban J connectivity index is -0.0000000425. The maximum atomic E-state index is 12.0. The van der Waals surface area contributed by atoms with Crippen molar-refractivity contribution in [2.75, 3.05) is 0 Å². The zero-order valence-electron chi connectivity index (χ0n) is 6.79. The van der Waals surface area contributed by atoms with Crippen LogP contribution in [0.15, 0.2) is 24.3 Å². The number of halogens is 5. The topological polar surface area (TPSA) is 47.6 Å². The van der Waals surface area contributed by atoms with Crippen LogP contribution in [0.25, 0.3) is 0 Å². The van der Waals surface area contributed by atoms with Crippen LogP contribution >= 0.6 is 0 Å². The summed E-state index contributed by atoms with van der Waals surface area (Å²) in [5, 5.41) is 12.0. The standard InChI is InChI=1S/C6H4BF.4FH.N2/c7-5-1-3-6(8)4-2-5;;;;;1-2/h1-4H;4*1H;. The first-order chi connectivity index (χ1) is 4.79. The minimum absolute atomic E-state index is 0. The first kappa shape index (κ1) is 29.4. The summed E-state index contributed by atoms with van der Waals surface area (Å²) in [5.74, 6) is -0.251. The van der Waals surface area contributed by atoms with Crippen LogP contribution in [0.1, 0.15) is 0 Å². The summed E-state index contributed by atoms with van der Waals surface area (Å²) in [6, 6.07) is 5.70. The fourth-order valence-electron chi connectivity index (χ4n) is 0.463. The van der Waals surface area contributed by atoms with Crippen molar-refractivity contribution < 1.29 is 23.2 Å². The molecule has 0 N–H and O–H groups in total. The summed E-state index contributed by atoms with van der Waals surface area (Å²) < 4.78 is 12.0. The van der Waals surface area contributed by atoms with E-state index in [1.807, 2.05) is 0 Å². The molecule has 1 aromatic rings. The van der Waals surface area contributed by atoms with E-state index in [1.54, 1.807) is 0 Å². The van der Waals surface area contributed by atoms with E-state index in [0.29, 0.717) is 5.46 Å². The first-order valence-corrected chi connectivity index (χ1v) is 2.50. The molecule has 8 heteroatoms. The third-order valence-corrected chi connectivity index (χ3v) is 0.870. The molecule has 1 aromatic carbocycles. The lowest BCUT2D eigenvalue weighted by Gasteiger charge is -1.87. The molecule has 0 atom stereocenters. The lowest BCUT2D eigenvalue weighted by molar-refractivity contribution is 0.628. The molecule has 0 unspecified atom stereocenters. The van der Waals surface area contributed by atoms with Crippen molar-refractivity contribution >= 4 is 13.3 Å². The third kappa shape index (κ3) is 13.0. The van der Waals surface area contributed by atoms with Gasteiger partial charge in [0.1, 0.15) is 13.7 Å². The van der Waals surface area contributed by atoms with Gasteiger partial charge in [0.25, 0.3) is 0 Å². The Bertz CT molecular complexity index is 194. The summed E-state index contributed by atoms with van der Waals surface area (Å²) in [6.45, 7) is 0. The molecule has 0 aliphatic rings. The summed E-state index contributed by atoms with van der Waals surface area (Å²) in [7, 11) is 5.26. The molecular formula is C6H8BF5N2. The van der Waals surface area contributed by atoms with E-state index in [0.717, 1.165) is 0 Å². The second-order valence-corrected chi connectivity index (χ2v) is 1.55.